The summed E-state index contributed by atoms with van der Waals surface area (Å²) < 4.78 is 40.1. The van der Waals surface area contributed by atoms with E-state index in [4.69, 9.17) is 5.84 Å². The molecular weight excluding hydrogens is 265 g/mol. The molecule has 0 saturated carbocycles. The number of halogens is 3. The zero-order valence-corrected chi connectivity index (χ0v) is 10.9. The van der Waals surface area contributed by atoms with Gasteiger partial charge >= 0.3 is 6.18 Å². The Balaban J connectivity index is 2.57. The van der Waals surface area contributed by atoms with E-state index in [1.54, 1.807) is 0 Å². The van der Waals surface area contributed by atoms with Gasteiger partial charge < -0.3 is 0 Å². The molecule has 0 aliphatic rings. The molecule has 0 aliphatic carbocycles. The summed E-state index contributed by atoms with van der Waals surface area (Å²) in [7, 11) is 0. The van der Waals surface area contributed by atoms with Gasteiger partial charge in [0, 0.05) is 6.42 Å². The number of aromatic nitrogens is 2. The third-order valence-electron chi connectivity index (χ3n) is 2.54. The van der Waals surface area contributed by atoms with Crippen molar-refractivity contribution in [2.75, 3.05) is 0 Å². The minimum absolute atomic E-state index is 0.0435. The van der Waals surface area contributed by atoms with Crippen LogP contribution in [-0.2, 0) is 6.42 Å². The van der Waals surface area contributed by atoms with E-state index in [-0.39, 0.29) is 12.5 Å². The van der Waals surface area contributed by atoms with E-state index in [0.29, 0.717) is 6.42 Å². The van der Waals surface area contributed by atoms with Crippen LogP contribution < -0.4 is 11.3 Å². The molecular formula is C10H17F3N4S. The molecule has 1 heterocycles. The zero-order valence-electron chi connectivity index (χ0n) is 10.1. The summed E-state index contributed by atoms with van der Waals surface area (Å²) in [5.41, 5.74) is 3.38. The Bertz CT molecular complexity index is 353. The van der Waals surface area contributed by atoms with Gasteiger partial charge in [-0.2, -0.15) is 13.2 Å². The summed E-state index contributed by atoms with van der Waals surface area (Å²) >= 11 is 1.20. The van der Waals surface area contributed by atoms with Gasteiger partial charge in [0.15, 0.2) is 0 Å². The molecule has 0 aliphatic heterocycles. The van der Waals surface area contributed by atoms with Crippen LogP contribution in [0.2, 0.25) is 0 Å². The first kappa shape index (κ1) is 15.3. The number of aryl methyl sites for hydroxylation is 1. The first-order valence-electron chi connectivity index (χ1n) is 5.82. The molecule has 8 heteroatoms. The van der Waals surface area contributed by atoms with Crippen LogP contribution in [0.4, 0.5) is 13.2 Å². The van der Waals surface area contributed by atoms with Gasteiger partial charge in [-0.15, -0.1) is 5.10 Å². The second kappa shape index (κ2) is 7.01. The lowest BCUT2D eigenvalue weighted by Gasteiger charge is -2.15. The molecule has 0 amide bonds. The number of alkyl halides is 3. The van der Waals surface area contributed by atoms with Gasteiger partial charge in [-0.05, 0) is 30.8 Å². The summed E-state index contributed by atoms with van der Waals surface area (Å²) in [4.78, 5) is 0.849. The monoisotopic (exact) mass is 282 g/mol. The SMILES string of the molecule is CCCc1nnsc1C(CCCC(F)(F)F)NN. The highest BCUT2D eigenvalue weighted by Gasteiger charge is 2.27. The molecule has 0 aromatic carbocycles. The van der Waals surface area contributed by atoms with E-state index in [1.807, 2.05) is 6.92 Å². The number of hydrazine groups is 1. The fourth-order valence-electron chi connectivity index (χ4n) is 1.69. The average Bonchev–Trinajstić information content (AvgIpc) is 2.72. The van der Waals surface area contributed by atoms with Gasteiger partial charge in [0.1, 0.15) is 0 Å². The first-order chi connectivity index (χ1) is 8.48. The highest BCUT2D eigenvalue weighted by molar-refractivity contribution is 7.05. The standard InChI is InChI=1S/C10H17F3N4S/c1-2-4-8-9(18-17-16-8)7(15-14)5-3-6-10(11,12)13/h7,15H,2-6,14H2,1H3. The van der Waals surface area contributed by atoms with Gasteiger partial charge in [-0.1, -0.05) is 17.8 Å². The highest BCUT2D eigenvalue weighted by atomic mass is 32.1. The molecule has 1 aromatic rings. The molecule has 4 nitrogen and oxygen atoms in total. The van der Waals surface area contributed by atoms with Crippen LogP contribution in [0.1, 0.15) is 49.2 Å². The molecule has 0 spiro atoms. The molecule has 104 valence electrons. The van der Waals surface area contributed by atoms with Crippen molar-refractivity contribution in [3.8, 4) is 0 Å². The lowest BCUT2D eigenvalue weighted by molar-refractivity contribution is -0.135. The molecule has 1 aromatic heterocycles. The first-order valence-corrected chi connectivity index (χ1v) is 6.59. The second-order valence-corrected chi connectivity index (χ2v) is 4.85. The van der Waals surface area contributed by atoms with Crippen molar-refractivity contribution < 1.29 is 13.2 Å². The van der Waals surface area contributed by atoms with Crippen molar-refractivity contribution in [3.63, 3.8) is 0 Å². The molecule has 0 saturated heterocycles. The minimum Gasteiger partial charge on any atom is -0.271 e. The largest absolute Gasteiger partial charge is 0.389 e. The Morgan fingerprint density at radius 2 is 2.17 bits per heavy atom. The maximum atomic E-state index is 12.1. The van der Waals surface area contributed by atoms with E-state index in [0.717, 1.165) is 23.4 Å². The Morgan fingerprint density at radius 1 is 1.44 bits per heavy atom. The van der Waals surface area contributed by atoms with E-state index < -0.39 is 12.6 Å². The van der Waals surface area contributed by atoms with Crippen molar-refractivity contribution >= 4 is 11.5 Å². The summed E-state index contributed by atoms with van der Waals surface area (Å²) in [6, 6.07) is -0.297. The fraction of sp³-hybridized carbons (Fsp3) is 0.800. The topological polar surface area (TPSA) is 63.8 Å². The quantitative estimate of drug-likeness (QED) is 0.596. The van der Waals surface area contributed by atoms with Crippen LogP contribution in [0.15, 0.2) is 0 Å². The fourth-order valence-corrected chi connectivity index (χ4v) is 2.48. The predicted octanol–water partition coefficient (Wildman–Crippen LogP) is 2.73. The number of hydrogen-bond donors (Lipinski definition) is 2. The van der Waals surface area contributed by atoms with Crippen LogP contribution >= 0.6 is 11.5 Å². The summed E-state index contributed by atoms with van der Waals surface area (Å²) in [6.45, 7) is 2.01. The highest BCUT2D eigenvalue weighted by Crippen LogP contribution is 2.28. The van der Waals surface area contributed by atoms with Crippen LogP contribution in [-0.4, -0.2) is 15.8 Å². The van der Waals surface area contributed by atoms with Gasteiger partial charge in [-0.3, -0.25) is 11.3 Å². The van der Waals surface area contributed by atoms with E-state index in [2.05, 4.69) is 15.0 Å². The molecule has 0 radical (unpaired) electrons. The maximum absolute atomic E-state index is 12.1. The van der Waals surface area contributed by atoms with Crippen molar-refractivity contribution in [2.45, 2.75) is 51.2 Å². The molecule has 0 bridgehead atoms. The van der Waals surface area contributed by atoms with Gasteiger partial charge in [-0.25, -0.2) is 0 Å². The second-order valence-electron chi connectivity index (χ2n) is 4.06. The molecule has 3 N–H and O–H groups in total. The Labute approximate surface area is 108 Å². The number of hydrogen-bond acceptors (Lipinski definition) is 5. The third-order valence-corrected chi connectivity index (χ3v) is 3.42. The number of nitrogens with zero attached hydrogens (tertiary/aromatic N) is 2. The predicted molar refractivity (Wildman–Crippen MR) is 63.9 cm³/mol. The van der Waals surface area contributed by atoms with E-state index >= 15 is 0 Å². The third kappa shape index (κ3) is 4.87. The minimum atomic E-state index is -4.11. The molecule has 1 atom stereocenters. The molecule has 18 heavy (non-hydrogen) atoms. The Hall–Kier alpha value is -0.730. The van der Waals surface area contributed by atoms with Crippen LogP contribution in [0.25, 0.3) is 0 Å². The van der Waals surface area contributed by atoms with E-state index in [1.165, 1.54) is 11.5 Å². The average molecular weight is 282 g/mol. The summed E-state index contributed by atoms with van der Waals surface area (Å²) in [5, 5.41) is 3.98. The van der Waals surface area contributed by atoms with E-state index in [9.17, 15) is 13.2 Å². The maximum Gasteiger partial charge on any atom is 0.389 e. The molecule has 1 rings (SSSR count). The van der Waals surface area contributed by atoms with Crippen molar-refractivity contribution in [1.29, 1.82) is 0 Å². The van der Waals surface area contributed by atoms with Crippen molar-refractivity contribution in [2.24, 2.45) is 5.84 Å². The van der Waals surface area contributed by atoms with Gasteiger partial charge in [0.2, 0.25) is 0 Å². The lowest BCUT2D eigenvalue weighted by atomic mass is 10.1. The number of rotatable bonds is 7. The normalized spacial score (nSPS) is 13.8. The smallest absolute Gasteiger partial charge is 0.271 e. The van der Waals surface area contributed by atoms with Gasteiger partial charge in [0.05, 0.1) is 16.6 Å². The summed E-state index contributed by atoms with van der Waals surface area (Å²) in [5.74, 6) is 5.40. The Morgan fingerprint density at radius 3 is 2.72 bits per heavy atom. The van der Waals surface area contributed by atoms with Crippen LogP contribution in [0, 0.1) is 0 Å². The van der Waals surface area contributed by atoms with Crippen molar-refractivity contribution in [1.82, 2.24) is 15.0 Å². The Kier molecular flexibility index (Phi) is 5.97. The van der Waals surface area contributed by atoms with Crippen LogP contribution in [0.5, 0.6) is 0 Å². The zero-order chi connectivity index (χ0) is 13.6. The number of nitrogens with one attached hydrogen (secondary N) is 1. The molecule has 1 unspecified atom stereocenters. The van der Waals surface area contributed by atoms with Crippen LogP contribution in [0.3, 0.4) is 0 Å². The lowest BCUT2D eigenvalue weighted by Crippen LogP contribution is -2.28. The van der Waals surface area contributed by atoms with Gasteiger partial charge in [0.25, 0.3) is 0 Å². The van der Waals surface area contributed by atoms with Crippen molar-refractivity contribution in [3.05, 3.63) is 10.6 Å². The number of nitrogens with two attached hydrogens (primary N) is 1. The molecule has 0 fully saturated rings. The summed E-state index contributed by atoms with van der Waals surface area (Å²) in [6.07, 6.45) is -2.85.